The van der Waals surface area contributed by atoms with Gasteiger partial charge in [0, 0.05) is 28.6 Å². The van der Waals surface area contributed by atoms with Crippen LogP contribution in [0, 0.1) is 17.0 Å². The van der Waals surface area contributed by atoms with Crippen LogP contribution in [0.15, 0.2) is 53.6 Å². The minimum atomic E-state index is -0.448. The van der Waals surface area contributed by atoms with Gasteiger partial charge in [-0.3, -0.25) is 19.9 Å². The van der Waals surface area contributed by atoms with E-state index in [1.165, 1.54) is 23.9 Å². The Hall–Kier alpha value is -3.13. The molecule has 3 rings (SSSR count). The molecule has 0 saturated heterocycles. The van der Waals surface area contributed by atoms with Crippen molar-refractivity contribution in [2.45, 2.75) is 24.0 Å². The van der Waals surface area contributed by atoms with E-state index in [-0.39, 0.29) is 11.6 Å². The van der Waals surface area contributed by atoms with E-state index in [2.05, 4.69) is 10.3 Å². The van der Waals surface area contributed by atoms with Crippen molar-refractivity contribution in [3.05, 3.63) is 64.3 Å². The van der Waals surface area contributed by atoms with Crippen molar-refractivity contribution in [2.75, 3.05) is 12.4 Å². The van der Waals surface area contributed by atoms with Crippen molar-refractivity contribution in [1.29, 1.82) is 0 Å². The predicted molar refractivity (Wildman–Crippen MR) is 110 cm³/mol. The highest BCUT2D eigenvalue weighted by Crippen LogP contribution is 2.32. The molecule has 8 heteroatoms. The lowest BCUT2D eigenvalue weighted by Gasteiger charge is -2.16. The molecule has 1 heterocycles. The molecule has 1 unspecified atom stereocenters. The number of carbonyl (C=O) groups excluding carboxylic acids is 1. The normalized spacial score (nSPS) is 11.8. The fourth-order valence-electron chi connectivity index (χ4n) is 2.76. The number of methoxy groups -OCH3 is 1. The van der Waals surface area contributed by atoms with Crippen LogP contribution in [0.4, 0.5) is 11.4 Å². The van der Waals surface area contributed by atoms with E-state index < -0.39 is 10.2 Å². The Morgan fingerprint density at radius 2 is 1.96 bits per heavy atom. The van der Waals surface area contributed by atoms with Crippen molar-refractivity contribution in [3.63, 3.8) is 0 Å². The van der Waals surface area contributed by atoms with Crippen LogP contribution in [0.1, 0.15) is 12.5 Å². The SMILES string of the molecule is COc1cccc2c(NC(=O)C(C)Sc3ccc([N+](=O)[O-])cc3)c(C)cnc12. The van der Waals surface area contributed by atoms with E-state index in [1.54, 1.807) is 32.4 Å². The number of pyridine rings is 1. The van der Waals surface area contributed by atoms with Crippen LogP contribution < -0.4 is 10.1 Å². The molecule has 1 amide bonds. The number of para-hydroxylation sites is 1. The molecule has 2 aromatic carbocycles. The molecule has 0 radical (unpaired) electrons. The fraction of sp³-hybridized carbons (Fsp3) is 0.200. The molecule has 1 aromatic heterocycles. The number of nitro groups is 1. The van der Waals surface area contributed by atoms with Gasteiger partial charge in [0.1, 0.15) is 11.3 Å². The molecule has 0 aliphatic carbocycles. The largest absolute Gasteiger partial charge is 0.494 e. The first-order chi connectivity index (χ1) is 13.4. The number of aromatic nitrogens is 1. The minimum Gasteiger partial charge on any atom is -0.494 e. The zero-order valence-corrected chi connectivity index (χ0v) is 16.4. The zero-order valence-electron chi connectivity index (χ0n) is 15.6. The molecule has 0 saturated carbocycles. The number of thioether (sulfide) groups is 1. The Morgan fingerprint density at radius 3 is 2.61 bits per heavy atom. The van der Waals surface area contributed by atoms with Crippen LogP contribution in [0.25, 0.3) is 10.9 Å². The number of nitrogens with one attached hydrogen (secondary N) is 1. The van der Waals surface area contributed by atoms with Crippen LogP contribution in [0.2, 0.25) is 0 Å². The van der Waals surface area contributed by atoms with Crippen molar-refractivity contribution in [2.24, 2.45) is 0 Å². The van der Waals surface area contributed by atoms with Gasteiger partial charge in [-0.2, -0.15) is 0 Å². The summed E-state index contributed by atoms with van der Waals surface area (Å²) >= 11 is 1.34. The average Bonchev–Trinajstić information content (AvgIpc) is 2.69. The third-order valence-electron chi connectivity index (χ3n) is 4.25. The summed E-state index contributed by atoms with van der Waals surface area (Å²) in [6.45, 7) is 3.68. The van der Waals surface area contributed by atoms with Gasteiger partial charge in [-0.15, -0.1) is 11.8 Å². The van der Waals surface area contributed by atoms with Gasteiger partial charge < -0.3 is 10.1 Å². The van der Waals surface area contributed by atoms with Gasteiger partial charge in [0.25, 0.3) is 5.69 Å². The van der Waals surface area contributed by atoms with Crippen LogP contribution in [-0.2, 0) is 4.79 Å². The molecule has 0 fully saturated rings. The molecular formula is C20H19N3O4S. The second-order valence-electron chi connectivity index (χ2n) is 6.17. The van der Waals surface area contributed by atoms with Crippen molar-refractivity contribution >= 4 is 39.9 Å². The molecule has 1 N–H and O–H groups in total. The van der Waals surface area contributed by atoms with Crippen molar-refractivity contribution in [3.8, 4) is 5.75 Å². The Bertz CT molecular complexity index is 1040. The maximum atomic E-state index is 12.8. The minimum absolute atomic E-state index is 0.0225. The lowest BCUT2D eigenvalue weighted by atomic mass is 10.1. The number of carbonyl (C=O) groups is 1. The maximum absolute atomic E-state index is 12.8. The number of anilines is 1. The Morgan fingerprint density at radius 1 is 1.25 bits per heavy atom. The van der Waals surface area contributed by atoms with E-state index in [9.17, 15) is 14.9 Å². The first-order valence-electron chi connectivity index (χ1n) is 8.55. The molecule has 144 valence electrons. The van der Waals surface area contributed by atoms with Crippen molar-refractivity contribution in [1.82, 2.24) is 4.98 Å². The van der Waals surface area contributed by atoms with E-state index in [0.29, 0.717) is 17.0 Å². The van der Waals surface area contributed by atoms with Crippen LogP contribution in [0.3, 0.4) is 0 Å². The first-order valence-corrected chi connectivity index (χ1v) is 9.43. The highest BCUT2D eigenvalue weighted by Gasteiger charge is 2.18. The summed E-state index contributed by atoms with van der Waals surface area (Å²) in [6, 6.07) is 11.7. The number of nitrogens with zero attached hydrogens (tertiary/aromatic N) is 2. The summed E-state index contributed by atoms with van der Waals surface area (Å²) in [4.78, 5) is 28.3. The third-order valence-corrected chi connectivity index (χ3v) is 5.36. The second-order valence-corrected chi connectivity index (χ2v) is 7.59. The molecule has 3 aromatic rings. The molecule has 28 heavy (non-hydrogen) atoms. The number of aryl methyl sites for hydroxylation is 1. The molecule has 0 aliphatic heterocycles. The van der Waals surface area contributed by atoms with E-state index in [0.717, 1.165) is 15.8 Å². The predicted octanol–water partition coefficient (Wildman–Crippen LogP) is 4.58. The maximum Gasteiger partial charge on any atom is 0.269 e. The number of hydrogen-bond acceptors (Lipinski definition) is 6. The number of rotatable bonds is 6. The van der Waals surface area contributed by atoms with E-state index in [1.807, 2.05) is 25.1 Å². The lowest BCUT2D eigenvalue weighted by Crippen LogP contribution is -2.23. The lowest BCUT2D eigenvalue weighted by molar-refractivity contribution is -0.384. The van der Waals surface area contributed by atoms with Crippen LogP contribution >= 0.6 is 11.8 Å². The third kappa shape index (κ3) is 4.07. The Balaban J connectivity index is 1.80. The standard InChI is InChI=1S/C20H19N3O4S/c1-12-11-21-19-16(5-4-6-17(19)27-3)18(12)22-20(24)13(2)28-15-9-7-14(8-10-15)23(25)26/h4-11,13H,1-3H3,(H,21,22,24). The monoisotopic (exact) mass is 397 g/mol. The number of nitro benzene ring substituents is 1. The molecular weight excluding hydrogens is 378 g/mol. The Labute approximate surface area is 166 Å². The van der Waals surface area contributed by atoms with Gasteiger partial charge in [-0.25, -0.2) is 0 Å². The molecule has 0 aliphatic rings. The van der Waals surface area contributed by atoms with Gasteiger partial charge in [0.05, 0.1) is 23.0 Å². The smallest absolute Gasteiger partial charge is 0.269 e. The topological polar surface area (TPSA) is 94.4 Å². The number of ether oxygens (including phenoxy) is 1. The number of amides is 1. The van der Waals surface area contributed by atoms with Gasteiger partial charge in [0.15, 0.2) is 0 Å². The second kappa shape index (κ2) is 8.26. The average molecular weight is 397 g/mol. The highest BCUT2D eigenvalue weighted by molar-refractivity contribution is 8.00. The molecule has 7 nitrogen and oxygen atoms in total. The fourth-order valence-corrected chi connectivity index (χ4v) is 3.62. The first kappa shape index (κ1) is 19.6. The quantitative estimate of drug-likeness (QED) is 0.372. The van der Waals surface area contributed by atoms with Gasteiger partial charge >= 0.3 is 0 Å². The van der Waals surface area contributed by atoms with Gasteiger partial charge in [-0.05, 0) is 37.6 Å². The zero-order chi connectivity index (χ0) is 20.3. The summed E-state index contributed by atoms with van der Waals surface area (Å²) in [6.07, 6.45) is 1.70. The van der Waals surface area contributed by atoms with Crippen molar-refractivity contribution < 1.29 is 14.5 Å². The van der Waals surface area contributed by atoms with Crippen LogP contribution in [0.5, 0.6) is 5.75 Å². The summed E-state index contributed by atoms with van der Waals surface area (Å²) in [5, 5.41) is 14.2. The summed E-state index contributed by atoms with van der Waals surface area (Å²) in [7, 11) is 1.58. The number of non-ortho nitro benzene ring substituents is 1. The summed E-state index contributed by atoms with van der Waals surface area (Å²) < 4.78 is 5.35. The Kier molecular flexibility index (Phi) is 5.79. The highest BCUT2D eigenvalue weighted by atomic mass is 32.2. The number of benzene rings is 2. The molecule has 1 atom stereocenters. The van der Waals surface area contributed by atoms with Gasteiger partial charge in [0.2, 0.25) is 5.91 Å². The number of fused-ring (bicyclic) bond motifs is 1. The molecule has 0 spiro atoms. The summed E-state index contributed by atoms with van der Waals surface area (Å²) in [5.74, 6) is 0.475. The summed E-state index contributed by atoms with van der Waals surface area (Å²) in [5.41, 5.74) is 2.25. The van der Waals surface area contributed by atoms with E-state index in [4.69, 9.17) is 4.74 Å². The van der Waals surface area contributed by atoms with Gasteiger partial charge in [-0.1, -0.05) is 12.1 Å². The molecule has 0 bridgehead atoms. The van der Waals surface area contributed by atoms with E-state index >= 15 is 0 Å². The number of hydrogen-bond donors (Lipinski definition) is 1. The van der Waals surface area contributed by atoms with Crippen LogP contribution in [-0.4, -0.2) is 28.2 Å².